The van der Waals surface area contributed by atoms with Crippen molar-refractivity contribution < 1.29 is 18.0 Å². The molecule has 1 fully saturated rings. The molecule has 1 N–H and O–H groups in total. The summed E-state index contributed by atoms with van der Waals surface area (Å²) in [5.41, 5.74) is 0.869. The molecule has 1 aliphatic rings. The van der Waals surface area contributed by atoms with E-state index >= 15 is 0 Å². The van der Waals surface area contributed by atoms with Crippen LogP contribution in [0.15, 0.2) is 5.38 Å². The number of rotatable bonds is 4. The molecule has 1 heterocycles. The summed E-state index contributed by atoms with van der Waals surface area (Å²) in [7, 11) is 0. The van der Waals surface area contributed by atoms with Crippen molar-refractivity contribution in [3.63, 3.8) is 0 Å². The van der Waals surface area contributed by atoms with Gasteiger partial charge in [-0.2, -0.15) is 13.2 Å². The summed E-state index contributed by atoms with van der Waals surface area (Å²) in [6.07, 6.45) is -2.10. The van der Waals surface area contributed by atoms with Crippen molar-refractivity contribution in [2.75, 3.05) is 6.54 Å². The van der Waals surface area contributed by atoms with Gasteiger partial charge in [0, 0.05) is 24.3 Å². The van der Waals surface area contributed by atoms with Gasteiger partial charge in [-0.15, -0.1) is 11.3 Å². The molecule has 118 valence electrons. The Morgan fingerprint density at radius 3 is 2.76 bits per heavy atom. The van der Waals surface area contributed by atoms with Crippen molar-refractivity contribution in [2.45, 2.75) is 45.2 Å². The molecular formula is C14H19F3N2OS. The molecule has 0 aromatic carbocycles. The normalized spacial score (nSPS) is 23.0. The highest BCUT2D eigenvalue weighted by molar-refractivity contribution is 7.09. The minimum atomic E-state index is -4.28. The van der Waals surface area contributed by atoms with Gasteiger partial charge in [0.1, 0.15) is 0 Å². The van der Waals surface area contributed by atoms with Gasteiger partial charge >= 0.3 is 6.18 Å². The van der Waals surface area contributed by atoms with E-state index in [0.717, 1.165) is 10.7 Å². The van der Waals surface area contributed by atoms with Crippen molar-refractivity contribution in [3.05, 3.63) is 16.1 Å². The summed E-state index contributed by atoms with van der Waals surface area (Å²) in [6, 6.07) is 0. The van der Waals surface area contributed by atoms with Crippen LogP contribution in [-0.4, -0.2) is 23.6 Å². The van der Waals surface area contributed by atoms with Crippen LogP contribution in [0.1, 0.15) is 36.4 Å². The summed E-state index contributed by atoms with van der Waals surface area (Å²) in [5.74, 6) is -2.90. The van der Waals surface area contributed by atoms with Gasteiger partial charge < -0.3 is 5.32 Å². The SMILES string of the molecule is Cc1nc(CCNC(=O)[C@H]2CCCC[C@H]2C(F)(F)F)cs1. The zero-order valence-electron chi connectivity index (χ0n) is 11.9. The molecule has 0 radical (unpaired) electrons. The maximum absolute atomic E-state index is 13.0. The fourth-order valence-electron chi connectivity index (χ4n) is 2.80. The Bertz CT molecular complexity index is 487. The van der Waals surface area contributed by atoms with Crippen molar-refractivity contribution in [2.24, 2.45) is 11.8 Å². The van der Waals surface area contributed by atoms with Crippen LogP contribution in [0.3, 0.4) is 0 Å². The molecule has 21 heavy (non-hydrogen) atoms. The predicted octanol–water partition coefficient (Wildman–Crippen LogP) is 3.48. The van der Waals surface area contributed by atoms with E-state index in [1.807, 2.05) is 12.3 Å². The number of nitrogens with one attached hydrogen (secondary N) is 1. The maximum atomic E-state index is 13.0. The van der Waals surface area contributed by atoms with Gasteiger partial charge in [-0.25, -0.2) is 4.98 Å². The Kier molecular flexibility index (Phi) is 5.24. The highest BCUT2D eigenvalue weighted by Crippen LogP contribution is 2.41. The van der Waals surface area contributed by atoms with Gasteiger partial charge in [0.25, 0.3) is 0 Å². The quantitative estimate of drug-likeness (QED) is 0.923. The Morgan fingerprint density at radius 2 is 2.14 bits per heavy atom. The van der Waals surface area contributed by atoms with Crippen molar-refractivity contribution in [3.8, 4) is 0 Å². The summed E-state index contributed by atoms with van der Waals surface area (Å²) >= 11 is 1.52. The fraction of sp³-hybridized carbons (Fsp3) is 0.714. The Balaban J connectivity index is 1.86. The highest BCUT2D eigenvalue weighted by atomic mass is 32.1. The van der Waals surface area contributed by atoms with Crippen molar-refractivity contribution >= 4 is 17.2 Å². The van der Waals surface area contributed by atoms with Gasteiger partial charge in [0.05, 0.1) is 16.6 Å². The first-order chi connectivity index (χ1) is 9.88. The monoisotopic (exact) mass is 320 g/mol. The van der Waals surface area contributed by atoms with Crippen LogP contribution in [0.5, 0.6) is 0 Å². The fourth-order valence-corrected chi connectivity index (χ4v) is 3.45. The van der Waals surface area contributed by atoms with Crippen LogP contribution in [0.25, 0.3) is 0 Å². The number of nitrogens with zero attached hydrogens (tertiary/aromatic N) is 1. The Hall–Kier alpha value is -1.11. The molecule has 3 nitrogen and oxygen atoms in total. The average molecular weight is 320 g/mol. The summed E-state index contributed by atoms with van der Waals surface area (Å²) < 4.78 is 38.9. The van der Waals surface area contributed by atoms with Crippen LogP contribution in [-0.2, 0) is 11.2 Å². The van der Waals surface area contributed by atoms with Gasteiger partial charge in [-0.3, -0.25) is 4.79 Å². The highest BCUT2D eigenvalue weighted by Gasteiger charge is 2.47. The Morgan fingerprint density at radius 1 is 1.43 bits per heavy atom. The van der Waals surface area contributed by atoms with E-state index in [-0.39, 0.29) is 6.42 Å². The summed E-state index contributed by atoms with van der Waals surface area (Å²) in [5, 5.41) is 5.49. The molecule has 0 bridgehead atoms. The first-order valence-corrected chi connectivity index (χ1v) is 8.01. The van der Waals surface area contributed by atoms with E-state index in [1.54, 1.807) is 0 Å². The molecule has 0 spiro atoms. The smallest absolute Gasteiger partial charge is 0.355 e. The lowest BCUT2D eigenvalue weighted by Gasteiger charge is -2.31. The number of thiazole rings is 1. The minimum absolute atomic E-state index is 0.0624. The van der Waals surface area contributed by atoms with Crippen LogP contribution in [0, 0.1) is 18.8 Å². The van der Waals surface area contributed by atoms with Gasteiger partial charge in [-0.05, 0) is 19.8 Å². The minimum Gasteiger partial charge on any atom is -0.355 e. The lowest BCUT2D eigenvalue weighted by Crippen LogP contribution is -2.43. The average Bonchev–Trinajstić information content (AvgIpc) is 2.83. The maximum Gasteiger partial charge on any atom is 0.392 e. The molecule has 0 saturated heterocycles. The van der Waals surface area contributed by atoms with E-state index in [9.17, 15) is 18.0 Å². The molecule has 0 aliphatic heterocycles. The number of carbonyl (C=O) groups is 1. The standard InChI is InChI=1S/C14H19F3N2OS/c1-9-19-10(8-21-9)6-7-18-13(20)11-4-2-3-5-12(11)14(15,16)17/h8,11-12H,2-7H2,1H3,(H,18,20)/t11-,12+/m0/s1. The largest absolute Gasteiger partial charge is 0.392 e. The number of halogens is 3. The van der Waals surface area contributed by atoms with Crippen molar-refractivity contribution in [1.29, 1.82) is 0 Å². The van der Waals surface area contributed by atoms with E-state index in [4.69, 9.17) is 0 Å². The molecule has 2 rings (SSSR count). The van der Waals surface area contributed by atoms with Crippen LogP contribution < -0.4 is 5.32 Å². The van der Waals surface area contributed by atoms with Crippen molar-refractivity contribution in [1.82, 2.24) is 10.3 Å². The molecule has 7 heteroatoms. The number of carbonyl (C=O) groups excluding carboxylic acids is 1. The summed E-state index contributed by atoms with van der Waals surface area (Å²) in [6.45, 7) is 2.23. The number of aromatic nitrogens is 1. The van der Waals surface area contributed by atoms with E-state index in [0.29, 0.717) is 32.2 Å². The molecule has 0 unspecified atom stereocenters. The molecular weight excluding hydrogens is 301 g/mol. The lowest BCUT2D eigenvalue weighted by molar-refractivity contribution is -0.198. The van der Waals surface area contributed by atoms with Crippen LogP contribution in [0.2, 0.25) is 0 Å². The number of aryl methyl sites for hydroxylation is 1. The van der Waals surface area contributed by atoms with Crippen LogP contribution >= 0.6 is 11.3 Å². The molecule has 1 saturated carbocycles. The number of hydrogen-bond acceptors (Lipinski definition) is 3. The lowest BCUT2D eigenvalue weighted by atomic mass is 9.78. The Labute approximate surface area is 126 Å². The zero-order valence-corrected chi connectivity index (χ0v) is 12.7. The first-order valence-electron chi connectivity index (χ1n) is 7.13. The zero-order chi connectivity index (χ0) is 15.5. The van der Waals surface area contributed by atoms with E-state index in [1.165, 1.54) is 11.3 Å². The molecule has 1 aromatic heterocycles. The third-order valence-electron chi connectivity index (χ3n) is 3.87. The second-order valence-corrected chi connectivity index (χ2v) is 6.50. The topological polar surface area (TPSA) is 42.0 Å². The van der Waals surface area contributed by atoms with E-state index in [2.05, 4.69) is 10.3 Å². The molecule has 2 atom stereocenters. The van der Waals surface area contributed by atoms with Gasteiger partial charge in [0.15, 0.2) is 0 Å². The molecule has 1 aliphatic carbocycles. The van der Waals surface area contributed by atoms with Gasteiger partial charge in [0.2, 0.25) is 5.91 Å². The third-order valence-corrected chi connectivity index (χ3v) is 4.69. The van der Waals surface area contributed by atoms with E-state index < -0.39 is 23.9 Å². The van der Waals surface area contributed by atoms with Crippen LogP contribution in [0.4, 0.5) is 13.2 Å². The molecule has 1 amide bonds. The number of hydrogen-bond donors (Lipinski definition) is 1. The summed E-state index contributed by atoms with van der Waals surface area (Å²) in [4.78, 5) is 16.3. The second-order valence-electron chi connectivity index (χ2n) is 5.44. The number of alkyl halides is 3. The third kappa shape index (κ3) is 4.43. The molecule has 1 aromatic rings. The predicted molar refractivity (Wildman–Crippen MR) is 75.1 cm³/mol. The second kappa shape index (κ2) is 6.77. The number of amides is 1. The van der Waals surface area contributed by atoms with Gasteiger partial charge in [-0.1, -0.05) is 12.8 Å². The first kappa shape index (κ1) is 16.3.